The highest BCUT2D eigenvalue weighted by Crippen LogP contribution is 2.44. The van der Waals surface area contributed by atoms with Gasteiger partial charge in [-0.25, -0.2) is 9.59 Å². The highest BCUT2D eigenvalue weighted by atomic mass is 35.5. The van der Waals surface area contributed by atoms with Gasteiger partial charge in [0.1, 0.15) is 12.6 Å². The molecule has 2 N–H and O–H groups in total. The molecule has 5 aromatic rings. The van der Waals surface area contributed by atoms with Gasteiger partial charge in [0, 0.05) is 34.7 Å². The molecule has 1 heterocycles. The van der Waals surface area contributed by atoms with Crippen molar-refractivity contribution < 1.29 is 19.4 Å². The Morgan fingerprint density at radius 2 is 1.50 bits per heavy atom. The molecule has 7 nitrogen and oxygen atoms in total. The highest BCUT2D eigenvalue weighted by Gasteiger charge is 2.30. The molecular weight excluding hydrogens is 550 g/mol. The maximum absolute atomic E-state index is 12.9. The Hall–Kier alpha value is -4.88. The Morgan fingerprint density at radius 3 is 2.14 bits per heavy atom. The lowest BCUT2D eigenvalue weighted by molar-refractivity contribution is -0.139. The number of carboxylic acids is 1. The Bertz CT molecular complexity index is 1690. The predicted molar refractivity (Wildman–Crippen MR) is 162 cm³/mol. The van der Waals surface area contributed by atoms with E-state index < -0.39 is 18.1 Å². The molecule has 0 bridgehead atoms. The van der Waals surface area contributed by atoms with Gasteiger partial charge in [0.2, 0.25) is 0 Å². The van der Waals surface area contributed by atoms with Crippen LogP contribution < -0.4 is 5.32 Å². The maximum atomic E-state index is 12.9. The first kappa shape index (κ1) is 27.3. The minimum absolute atomic E-state index is 0.0321. The fraction of sp³-hybridized carbons (Fsp3) is 0.147. The van der Waals surface area contributed by atoms with Gasteiger partial charge < -0.3 is 15.2 Å². The van der Waals surface area contributed by atoms with Crippen LogP contribution in [-0.2, 0) is 22.5 Å². The molecule has 0 saturated carbocycles. The lowest BCUT2D eigenvalue weighted by Gasteiger charge is -2.17. The Kier molecular flexibility index (Phi) is 7.75. The predicted octanol–water partition coefficient (Wildman–Crippen LogP) is 6.79. The van der Waals surface area contributed by atoms with Crippen molar-refractivity contribution in [2.45, 2.75) is 24.9 Å². The lowest BCUT2D eigenvalue weighted by Crippen LogP contribution is -2.43. The smallest absolute Gasteiger partial charge is 0.407 e. The standard InChI is InChI=1S/C34H28ClN3O4/c35-25-16-14-22(15-17-25)19-38-20-24(32(37-38)23-8-2-1-3-9-23)18-31(33(39)40)36-34(41)42-21-30-28-12-6-4-10-26(28)27-11-5-7-13-29(27)30/h1-17,20,30-31H,18-19,21H2,(H,36,41)(H,39,40). The van der Waals surface area contributed by atoms with Gasteiger partial charge in [0.25, 0.3) is 0 Å². The molecule has 6 rings (SSSR count). The molecule has 8 heteroatoms. The highest BCUT2D eigenvalue weighted by molar-refractivity contribution is 6.30. The molecule has 0 radical (unpaired) electrons. The molecule has 210 valence electrons. The number of carbonyl (C=O) groups is 2. The second-order valence-electron chi connectivity index (χ2n) is 10.3. The molecule has 0 fully saturated rings. The normalized spacial score (nSPS) is 12.8. The van der Waals surface area contributed by atoms with E-state index in [0.29, 0.717) is 22.8 Å². The van der Waals surface area contributed by atoms with E-state index in [1.165, 1.54) is 0 Å². The van der Waals surface area contributed by atoms with E-state index in [4.69, 9.17) is 21.4 Å². The Labute approximate surface area is 248 Å². The summed E-state index contributed by atoms with van der Waals surface area (Å²) in [5.41, 5.74) is 7.62. The van der Waals surface area contributed by atoms with Crippen molar-refractivity contribution in [3.05, 3.63) is 137 Å². The largest absolute Gasteiger partial charge is 0.480 e. The first-order valence-corrected chi connectivity index (χ1v) is 14.0. The molecular formula is C34H28ClN3O4. The van der Waals surface area contributed by atoms with Crippen LogP contribution in [0.1, 0.15) is 28.2 Å². The summed E-state index contributed by atoms with van der Waals surface area (Å²) in [6.07, 6.45) is 1.08. The van der Waals surface area contributed by atoms with Crippen LogP contribution in [0.15, 0.2) is 109 Å². The number of hydrogen-bond donors (Lipinski definition) is 2. The quantitative estimate of drug-likeness (QED) is 0.201. The number of carbonyl (C=O) groups excluding carboxylic acids is 1. The summed E-state index contributed by atoms with van der Waals surface area (Å²) in [6.45, 7) is 0.578. The number of hydrogen-bond acceptors (Lipinski definition) is 4. The summed E-state index contributed by atoms with van der Waals surface area (Å²) in [7, 11) is 0. The summed E-state index contributed by atoms with van der Waals surface area (Å²) in [5, 5.41) is 18.0. The number of benzene rings is 4. The van der Waals surface area contributed by atoms with Gasteiger partial charge in [-0.15, -0.1) is 0 Å². The van der Waals surface area contributed by atoms with Gasteiger partial charge >= 0.3 is 12.1 Å². The third-order valence-electron chi connectivity index (χ3n) is 7.50. The van der Waals surface area contributed by atoms with Crippen molar-refractivity contribution in [2.75, 3.05) is 6.61 Å². The second kappa shape index (κ2) is 11.9. The van der Waals surface area contributed by atoms with Crippen LogP contribution in [-0.4, -0.2) is 39.6 Å². The van der Waals surface area contributed by atoms with Gasteiger partial charge in [-0.3, -0.25) is 4.68 Å². The number of nitrogens with zero attached hydrogens (tertiary/aromatic N) is 2. The van der Waals surface area contributed by atoms with Gasteiger partial charge in [0.05, 0.1) is 12.2 Å². The number of alkyl carbamates (subject to hydrolysis) is 1. The minimum Gasteiger partial charge on any atom is -0.480 e. The van der Waals surface area contributed by atoms with Crippen molar-refractivity contribution in [1.82, 2.24) is 15.1 Å². The van der Waals surface area contributed by atoms with Crippen LogP contribution in [0.2, 0.25) is 5.02 Å². The van der Waals surface area contributed by atoms with E-state index in [0.717, 1.165) is 33.4 Å². The molecule has 1 unspecified atom stereocenters. The van der Waals surface area contributed by atoms with E-state index in [2.05, 4.69) is 17.4 Å². The van der Waals surface area contributed by atoms with E-state index in [-0.39, 0.29) is 18.9 Å². The molecule has 1 aliphatic rings. The van der Waals surface area contributed by atoms with Gasteiger partial charge in [-0.2, -0.15) is 5.10 Å². The number of aliphatic carboxylic acids is 1. The first-order chi connectivity index (χ1) is 20.5. The number of nitrogens with one attached hydrogen (secondary N) is 1. The third-order valence-corrected chi connectivity index (χ3v) is 7.75. The van der Waals surface area contributed by atoms with Crippen molar-refractivity contribution >= 4 is 23.7 Å². The Balaban J connectivity index is 1.18. The molecule has 1 atom stereocenters. The van der Waals surface area contributed by atoms with Crippen molar-refractivity contribution in [3.8, 4) is 22.4 Å². The van der Waals surface area contributed by atoms with Crippen LogP contribution in [0.3, 0.4) is 0 Å². The minimum atomic E-state index is -1.21. The van der Waals surface area contributed by atoms with Crippen molar-refractivity contribution in [3.63, 3.8) is 0 Å². The number of amides is 1. The van der Waals surface area contributed by atoms with Crippen LogP contribution in [0.4, 0.5) is 4.79 Å². The van der Waals surface area contributed by atoms with Crippen LogP contribution in [0.5, 0.6) is 0 Å². The van der Waals surface area contributed by atoms with E-state index >= 15 is 0 Å². The number of ether oxygens (including phenoxy) is 1. The Morgan fingerprint density at radius 1 is 0.881 bits per heavy atom. The number of rotatable bonds is 9. The number of carboxylic acid groups (broad SMARTS) is 1. The first-order valence-electron chi connectivity index (χ1n) is 13.7. The molecule has 42 heavy (non-hydrogen) atoms. The van der Waals surface area contributed by atoms with Crippen LogP contribution in [0.25, 0.3) is 22.4 Å². The zero-order valence-electron chi connectivity index (χ0n) is 22.6. The monoisotopic (exact) mass is 577 g/mol. The topological polar surface area (TPSA) is 93.5 Å². The van der Waals surface area contributed by atoms with E-state index in [1.807, 2.05) is 97.2 Å². The third kappa shape index (κ3) is 5.78. The molecule has 1 aliphatic carbocycles. The SMILES string of the molecule is O=C(NC(Cc1cn(Cc2ccc(Cl)cc2)nc1-c1ccccc1)C(=O)O)OCC1c2ccccc2-c2ccccc21. The van der Waals surface area contributed by atoms with Crippen molar-refractivity contribution in [1.29, 1.82) is 0 Å². The average Bonchev–Trinajstić information content (AvgIpc) is 3.55. The summed E-state index contributed by atoms with van der Waals surface area (Å²) in [4.78, 5) is 25.2. The lowest BCUT2D eigenvalue weighted by atomic mass is 9.98. The molecule has 1 amide bonds. The fourth-order valence-electron chi connectivity index (χ4n) is 5.51. The molecule has 0 saturated heterocycles. The summed E-state index contributed by atoms with van der Waals surface area (Å²) in [6, 6.07) is 31.9. The summed E-state index contributed by atoms with van der Waals surface area (Å²) >= 11 is 6.03. The zero-order valence-corrected chi connectivity index (χ0v) is 23.4. The molecule has 0 aliphatic heterocycles. The maximum Gasteiger partial charge on any atom is 0.407 e. The zero-order chi connectivity index (χ0) is 29.1. The van der Waals surface area contributed by atoms with Crippen LogP contribution in [0, 0.1) is 0 Å². The van der Waals surface area contributed by atoms with Crippen LogP contribution >= 0.6 is 11.6 Å². The molecule has 1 aromatic heterocycles. The van der Waals surface area contributed by atoms with Crippen molar-refractivity contribution in [2.24, 2.45) is 0 Å². The number of halogens is 1. The summed E-state index contributed by atoms with van der Waals surface area (Å²) < 4.78 is 7.39. The van der Waals surface area contributed by atoms with E-state index in [1.54, 1.807) is 4.68 Å². The van der Waals surface area contributed by atoms with Gasteiger partial charge in [0.15, 0.2) is 0 Å². The number of fused-ring (bicyclic) bond motifs is 3. The fourth-order valence-corrected chi connectivity index (χ4v) is 5.64. The summed E-state index contributed by atoms with van der Waals surface area (Å²) in [5.74, 6) is -1.28. The number of aromatic nitrogens is 2. The van der Waals surface area contributed by atoms with E-state index in [9.17, 15) is 14.7 Å². The molecule has 4 aromatic carbocycles. The van der Waals surface area contributed by atoms with Gasteiger partial charge in [-0.05, 0) is 39.9 Å². The second-order valence-corrected chi connectivity index (χ2v) is 10.7. The molecule has 0 spiro atoms. The van der Waals surface area contributed by atoms with Gasteiger partial charge in [-0.1, -0.05) is 103 Å². The average molecular weight is 578 g/mol.